The largest absolute Gasteiger partial charge is 0.342 e. The maximum absolute atomic E-state index is 4.18. The van der Waals surface area contributed by atoms with Gasteiger partial charge in [-0.15, -0.1) is 5.10 Å². The first-order chi connectivity index (χ1) is 10.7. The van der Waals surface area contributed by atoms with E-state index in [1.54, 1.807) is 13.3 Å². The van der Waals surface area contributed by atoms with E-state index in [2.05, 4.69) is 69.0 Å². The Kier molecular flexibility index (Phi) is 4.54. The second kappa shape index (κ2) is 6.58. The third-order valence-electron chi connectivity index (χ3n) is 3.18. The molecule has 5 nitrogen and oxygen atoms in total. The fourth-order valence-electron chi connectivity index (χ4n) is 2.31. The van der Waals surface area contributed by atoms with Gasteiger partial charge in [-0.25, -0.2) is 0 Å². The minimum Gasteiger partial charge on any atom is -0.342 e. The van der Waals surface area contributed by atoms with Crippen LogP contribution in [0.3, 0.4) is 0 Å². The third kappa shape index (κ3) is 3.20. The van der Waals surface area contributed by atoms with Crippen LogP contribution in [0.25, 0.3) is 11.4 Å². The lowest BCUT2D eigenvalue weighted by Crippen LogP contribution is -2.02. The van der Waals surface area contributed by atoms with Crippen LogP contribution in [0.5, 0.6) is 0 Å². The number of aliphatic imine (C=N–C) groups is 1. The first-order valence-corrected chi connectivity index (χ1v) is 8.19. The summed E-state index contributed by atoms with van der Waals surface area (Å²) in [6.07, 6.45) is 3.76. The lowest BCUT2D eigenvalue weighted by Gasteiger charge is -2.09. The number of rotatable bonds is 4. The minimum absolute atomic E-state index is 0.746. The van der Waals surface area contributed by atoms with Crippen LogP contribution in [0.2, 0.25) is 0 Å². The number of H-pyrrole nitrogens is 1. The highest BCUT2D eigenvalue weighted by molar-refractivity contribution is 9.11. The molecule has 0 saturated carbocycles. The first-order valence-electron chi connectivity index (χ1n) is 6.61. The number of nitrogens with zero attached hydrogens (tertiary/aromatic N) is 4. The van der Waals surface area contributed by atoms with Crippen LogP contribution in [-0.2, 0) is 6.54 Å². The Balaban J connectivity index is 1.97. The number of nitrogens with one attached hydrogen (secondary N) is 1. The number of benzene rings is 1. The van der Waals surface area contributed by atoms with Crippen LogP contribution >= 0.6 is 31.9 Å². The smallest absolute Gasteiger partial charge is 0.138 e. The summed E-state index contributed by atoms with van der Waals surface area (Å²) < 4.78 is 4.23. The summed E-state index contributed by atoms with van der Waals surface area (Å²) in [5.41, 5.74) is 3.79. The quantitative estimate of drug-likeness (QED) is 0.648. The van der Waals surface area contributed by atoms with Gasteiger partial charge in [0.15, 0.2) is 0 Å². The zero-order valence-electron chi connectivity index (χ0n) is 11.8. The molecule has 1 aromatic carbocycles. The van der Waals surface area contributed by atoms with E-state index >= 15 is 0 Å². The van der Waals surface area contributed by atoms with Gasteiger partial charge < -0.3 is 4.57 Å². The maximum Gasteiger partial charge on any atom is 0.138 e. The molecule has 0 fully saturated rings. The van der Waals surface area contributed by atoms with E-state index in [-0.39, 0.29) is 0 Å². The summed E-state index contributed by atoms with van der Waals surface area (Å²) in [6.45, 7) is 0.746. The summed E-state index contributed by atoms with van der Waals surface area (Å²) in [5.74, 6) is 0. The number of hydrogen-bond acceptors (Lipinski definition) is 3. The number of hydrogen-bond donors (Lipinski definition) is 1. The van der Waals surface area contributed by atoms with Crippen LogP contribution in [0, 0.1) is 0 Å². The van der Waals surface area contributed by atoms with Crippen molar-refractivity contribution in [3.05, 3.63) is 56.7 Å². The van der Waals surface area contributed by atoms with Crippen LogP contribution in [0.15, 0.2) is 50.5 Å². The molecule has 0 aliphatic rings. The highest BCUT2D eigenvalue weighted by atomic mass is 79.9. The molecular weight excluding hydrogens is 410 g/mol. The molecule has 1 N–H and O–H groups in total. The lowest BCUT2D eigenvalue weighted by atomic mass is 10.2. The third-order valence-corrected chi connectivity index (χ3v) is 4.10. The normalized spacial score (nSPS) is 11.4. The predicted molar refractivity (Wildman–Crippen MR) is 94.3 cm³/mol. The average molecular weight is 423 g/mol. The van der Waals surface area contributed by atoms with Gasteiger partial charge in [-0.1, -0.05) is 37.1 Å². The van der Waals surface area contributed by atoms with Crippen molar-refractivity contribution < 1.29 is 0 Å². The Morgan fingerprint density at radius 2 is 2.05 bits per heavy atom. The standard InChI is InChI=1S/C15H13Br2N5/c1-18-8-13-15(20-21-19-13)14-3-2-4-22(14)9-10-5-11(16)7-12(17)6-10/h2-8H,9H2,1H3,(H,19,20,21)/b18-8+. The van der Waals surface area contributed by atoms with E-state index in [1.807, 2.05) is 24.4 Å². The molecule has 0 atom stereocenters. The summed E-state index contributed by atoms with van der Waals surface area (Å²) in [5, 5.41) is 10.9. The van der Waals surface area contributed by atoms with Gasteiger partial charge in [0, 0.05) is 34.9 Å². The first kappa shape index (κ1) is 15.2. The molecule has 3 aromatic rings. The number of halogens is 2. The minimum atomic E-state index is 0.746. The van der Waals surface area contributed by atoms with Gasteiger partial charge in [-0.2, -0.15) is 0 Å². The Morgan fingerprint density at radius 3 is 2.77 bits per heavy atom. The molecule has 0 bridgehead atoms. The van der Waals surface area contributed by atoms with Crippen molar-refractivity contribution in [2.24, 2.45) is 4.99 Å². The highest BCUT2D eigenvalue weighted by Crippen LogP contribution is 2.24. The zero-order chi connectivity index (χ0) is 15.5. The van der Waals surface area contributed by atoms with Gasteiger partial charge in [0.2, 0.25) is 0 Å². The average Bonchev–Trinajstić information content (AvgIpc) is 3.07. The van der Waals surface area contributed by atoms with Crippen molar-refractivity contribution >= 4 is 38.1 Å². The molecule has 0 saturated heterocycles. The molecule has 2 aromatic heterocycles. The van der Waals surface area contributed by atoms with E-state index in [0.29, 0.717) is 0 Å². The van der Waals surface area contributed by atoms with Crippen molar-refractivity contribution in [1.82, 2.24) is 20.0 Å². The van der Waals surface area contributed by atoms with Crippen molar-refractivity contribution in [2.45, 2.75) is 6.54 Å². The van der Waals surface area contributed by atoms with Crippen molar-refractivity contribution in [3.63, 3.8) is 0 Å². The SMILES string of the molecule is C/N=C/c1[nH]nnc1-c1cccn1Cc1cc(Br)cc(Br)c1. The summed E-state index contributed by atoms with van der Waals surface area (Å²) in [4.78, 5) is 4.03. The van der Waals surface area contributed by atoms with Crippen LogP contribution in [-0.4, -0.2) is 33.2 Å². The van der Waals surface area contributed by atoms with Crippen molar-refractivity contribution in [2.75, 3.05) is 7.05 Å². The summed E-state index contributed by atoms with van der Waals surface area (Å²) in [7, 11) is 1.72. The van der Waals surface area contributed by atoms with E-state index in [4.69, 9.17) is 0 Å². The molecule has 2 heterocycles. The fraction of sp³-hybridized carbons (Fsp3) is 0.133. The molecule has 112 valence electrons. The van der Waals surface area contributed by atoms with Gasteiger partial charge in [0.1, 0.15) is 11.4 Å². The molecule has 0 spiro atoms. The molecular formula is C15H13Br2N5. The Labute approximate surface area is 144 Å². The molecule has 0 aliphatic carbocycles. The molecule has 0 radical (unpaired) electrons. The second-order valence-corrected chi connectivity index (χ2v) is 6.59. The second-order valence-electron chi connectivity index (χ2n) is 4.76. The van der Waals surface area contributed by atoms with Crippen molar-refractivity contribution in [1.29, 1.82) is 0 Å². The number of aromatic amines is 1. The monoisotopic (exact) mass is 421 g/mol. The van der Waals surface area contributed by atoms with Crippen LogP contribution < -0.4 is 0 Å². The molecule has 0 amide bonds. The lowest BCUT2D eigenvalue weighted by molar-refractivity contribution is 0.808. The molecule has 0 aliphatic heterocycles. The maximum atomic E-state index is 4.18. The van der Waals surface area contributed by atoms with Gasteiger partial charge in [0.25, 0.3) is 0 Å². The molecule has 7 heteroatoms. The Morgan fingerprint density at radius 1 is 1.27 bits per heavy atom. The zero-order valence-corrected chi connectivity index (χ0v) is 15.0. The van der Waals surface area contributed by atoms with Gasteiger partial charge in [-0.3, -0.25) is 10.1 Å². The van der Waals surface area contributed by atoms with E-state index in [0.717, 1.165) is 32.6 Å². The van der Waals surface area contributed by atoms with Crippen LogP contribution in [0.1, 0.15) is 11.3 Å². The predicted octanol–water partition coefficient (Wildman–Crippen LogP) is 3.90. The number of aromatic nitrogens is 4. The van der Waals surface area contributed by atoms with Gasteiger partial charge in [0.05, 0.1) is 5.69 Å². The topological polar surface area (TPSA) is 58.9 Å². The molecule has 3 rings (SSSR count). The Bertz CT molecular complexity index is 799. The Hall–Kier alpha value is -1.73. The van der Waals surface area contributed by atoms with E-state index < -0.39 is 0 Å². The van der Waals surface area contributed by atoms with E-state index in [9.17, 15) is 0 Å². The fourth-order valence-corrected chi connectivity index (χ4v) is 3.70. The summed E-state index contributed by atoms with van der Waals surface area (Å²) in [6, 6.07) is 10.3. The van der Waals surface area contributed by atoms with Crippen molar-refractivity contribution in [3.8, 4) is 11.4 Å². The van der Waals surface area contributed by atoms with Crippen LogP contribution in [0.4, 0.5) is 0 Å². The van der Waals surface area contributed by atoms with E-state index in [1.165, 1.54) is 5.56 Å². The van der Waals surface area contributed by atoms with Gasteiger partial charge >= 0.3 is 0 Å². The van der Waals surface area contributed by atoms with Gasteiger partial charge in [-0.05, 0) is 35.9 Å². The highest BCUT2D eigenvalue weighted by Gasteiger charge is 2.12. The summed E-state index contributed by atoms with van der Waals surface area (Å²) >= 11 is 7.04. The molecule has 0 unspecified atom stereocenters. The molecule has 22 heavy (non-hydrogen) atoms.